The van der Waals surface area contributed by atoms with Gasteiger partial charge in [0, 0.05) is 5.75 Å². The fourth-order valence-electron chi connectivity index (χ4n) is 3.52. The van der Waals surface area contributed by atoms with Gasteiger partial charge in [0.05, 0.1) is 46.4 Å². The van der Waals surface area contributed by atoms with E-state index in [9.17, 15) is 0 Å². The van der Waals surface area contributed by atoms with E-state index in [0.717, 1.165) is 29.7 Å². The molecule has 0 radical (unpaired) electrons. The zero-order chi connectivity index (χ0) is 28.0. The van der Waals surface area contributed by atoms with Crippen LogP contribution in [0.25, 0.3) is 24.3 Å². The van der Waals surface area contributed by atoms with Crippen molar-refractivity contribution < 1.29 is 23.7 Å². The number of nitrogens with zero attached hydrogens (tertiary/aromatic N) is 2. The summed E-state index contributed by atoms with van der Waals surface area (Å²) in [5.41, 5.74) is 8.63. The maximum Gasteiger partial charge on any atom is 0.317 e. The van der Waals surface area contributed by atoms with Crippen LogP contribution in [0.5, 0.6) is 29.0 Å². The second-order valence-electron chi connectivity index (χ2n) is 8.16. The van der Waals surface area contributed by atoms with Crippen molar-refractivity contribution in [2.24, 2.45) is 5.73 Å². The molecule has 9 nitrogen and oxygen atoms in total. The molecule has 1 aromatic heterocycles. The third kappa shape index (κ3) is 10.1. The van der Waals surface area contributed by atoms with Crippen LogP contribution in [0.1, 0.15) is 35.4 Å². The molecule has 214 valence electrons. The number of amidine groups is 1. The molecule has 11 heteroatoms. The van der Waals surface area contributed by atoms with Crippen LogP contribution in [0, 0.1) is 5.41 Å². The number of rotatable bonds is 14. The normalized spacial score (nSPS) is 10.8. The molecule has 0 unspecified atom stereocenters. The highest BCUT2D eigenvalue weighted by molar-refractivity contribution is 8.93. The number of hydrogen-bond acceptors (Lipinski definition) is 9. The Kier molecular flexibility index (Phi) is 13.9. The minimum Gasteiger partial charge on any atom is -0.493 e. The molecule has 0 saturated heterocycles. The number of aromatic nitrogens is 2. The SMILES string of the molecule is Br.COc1ccc(/C=C/c2cc(/C=C/c3ccc(OC)c(OC)c3)nc(OCCCCSC(=N)N)n2)cc1OC. The first-order valence-corrected chi connectivity index (χ1v) is 13.2. The van der Waals surface area contributed by atoms with Gasteiger partial charge in [0.2, 0.25) is 0 Å². The summed E-state index contributed by atoms with van der Waals surface area (Å²) < 4.78 is 27.3. The summed E-state index contributed by atoms with van der Waals surface area (Å²) in [6, 6.07) is 13.5. The van der Waals surface area contributed by atoms with Gasteiger partial charge >= 0.3 is 6.01 Å². The summed E-state index contributed by atoms with van der Waals surface area (Å²) in [7, 11) is 6.43. The molecule has 3 aromatic rings. The average Bonchev–Trinajstić information content (AvgIpc) is 2.96. The van der Waals surface area contributed by atoms with E-state index >= 15 is 0 Å². The van der Waals surface area contributed by atoms with Gasteiger partial charge in [-0.25, -0.2) is 0 Å². The van der Waals surface area contributed by atoms with Gasteiger partial charge in [-0.05, 0) is 66.5 Å². The molecule has 3 rings (SSSR count). The third-order valence-corrected chi connectivity index (χ3v) is 6.28. The maximum atomic E-state index is 7.30. The minimum atomic E-state index is 0. The van der Waals surface area contributed by atoms with E-state index in [0.29, 0.717) is 41.0 Å². The summed E-state index contributed by atoms with van der Waals surface area (Å²) in [5.74, 6) is 3.39. The van der Waals surface area contributed by atoms with Gasteiger partial charge in [-0.3, -0.25) is 5.41 Å². The number of nitrogens with one attached hydrogen (secondary N) is 1. The molecule has 0 aliphatic heterocycles. The number of methoxy groups -OCH3 is 4. The summed E-state index contributed by atoms with van der Waals surface area (Å²) in [4.78, 5) is 9.14. The Morgan fingerprint density at radius 1 is 0.750 bits per heavy atom. The molecule has 0 bridgehead atoms. The van der Waals surface area contributed by atoms with E-state index < -0.39 is 0 Å². The molecule has 0 fully saturated rings. The van der Waals surface area contributed by atoms with Crippen LogP contribution in [0.4, 0.5) is 0 Å². The lowest BCUT2D eigenvalue weighted by Crippen LogP contribution is -2.06. The van der Waals surface area contributed by atoms with Gasteiger partial charge in [0.15, 0.2) is 28.2 Å². The zero-order valence-electron chi connectivity index (χ0n) is 23.0. The van der Waals surface area contributed by atoms with Gasteiger partial charge in [0.25, 0.3) is 0 Å². The molecule has 3 N–H and O–H groups in total. The Bertz CT molecular complexity index is 1240. The second-order valence-corrected chi connectivity index (χ2v) is 9.30. The number of nitrogens with two attached hydrogens (primary N) is 1. The summed E-state index contributed by atoms with van der Waals surface area (Å²) >= 11 is 1.32. The van der Waals surface area contributed by atoms with E-state index in [2.05, 4.69) is 9.97 Å². The van der Waals surface area contributed by atoms with Gasteiger partial charge in [-0.2, -0.15) is 9.97 Å². The standard InChI is InChI=1S/C29H34N4O5S.BrH/c1-34-24-13-9-20(17-26(24)36-3)7-11-22-19-23(12-8-21-10-14-25(35-2)27(18-21)37-4)33-29(32-22)38-15-5-6-16-39-28(30)31;/h7-14,17-19H,5-6,15-16H2,1-4H3,(H3,30,31);1H/b11-7+,12-8+;. The number of thioether (sulfide) groups is 1. The Labute approximate surface area is 250 Å². The van der Waals surface area contributed by atoms with Gasteiger partial charge in [-0.1, -0.05) is 36.0 Å². The minimum absolute atomic E-state index is 0. The lowest BCUT2D eigenvalue weighted by Gasteiger charge is -2.08. The predicted molar refractivity (Wildman–Crippen MR) is 168 cm³/mol. The van der Waals surface area contributed by atoms with Crippen molar-refractivity contribution in [1.82, 2.24) is 9.97 Å². The summed E-state index contributed by atoms with van der Waals surface area (Å²) in [6.07, 6.45) is 9.34. The van der Waals surface area contributed by atoms with Crippen LogP contribution < -0.4 is 29.4 Å². The van der Waals surface area contributed by atoms with E-state index in [-0.39, 0.29) is 28.2 Å². The number of halogens is 1. The first-order chi connectivity index (χ1) is 18.9. The van der Waals surface area contributed by atoms with Crippen molar-refractivity contribution >= 4 is 58.2 Å². The maximum absolute atomic E-state index is 7.30. The van der Waals surface area contributed by atoms with Crippen molar-refractivity contribution in [1.29, 1.82) is 5.41 Å². The summed E-state index contributed by atoms with van der Waals surface area (Å²) in [6.45, 7) is 0.458. The third-order valence-electron chi connectivity index (χ3n) is 5.48. The zero-order valence-corrected chi connectivity index (χ0v) is 25.5. The summed E-state index contributed by atoms with van der Waals surface area (Å²) in [5, 5.41) is 7.42. The van der Waals surface area contributed by atoms with Gasteiger partial charge in [0.1, 0.15) is 0 Å². The molecule has 2 aromatic carbocycles. The topological polar surface area (TPSA) is 122 Å². The highest BCUT2D eigenvalue weighted by Gasteiger charge is 2.07. The highest BCUT2D eigenvalue weighted by atomic mass is 79.9. The molecule has 0 aliphatic carbocycles. The van der Waals surface area contributed by atoms with Crippen molar-refractivity contribution in [2.45, 2.75) is 12.8 Å². The molecular formula is C29H35BrN4O5S. The van der Waals surface area contributed by atoms with Crippen LogP contribution in [0.3, 0.4) is 0 Å². The van der Waals surface area contributed by atoms with E-state index in [1.807, 2.05) is 66.8 Å². The Morgan fingerprint density at radius 3 is 1.70 bits per heavy atom. The van der Waals surface area contributed by atoms with Crippen molar-refractivity contribution in [3.63, 3.8) is 0 Å². The molecular weight excluding hydrogens is 596 g/mol. The van der Waals surface area contributed by atoms with Crippen molar-refractivity contribution in [2.75, 3.05) is 40.8 Å². The number of ether oxygens (including phenoxy) is 5. The van der Waals surface area contributed by atoms with Gasteiger partial charge in [-0.15, -0.1) is 17.0 Å². The Balaban J connectivity index is 0.00000560. The van der Waals surface area contributed by atoms with Crippen LogP contribution in [-0.4, -0.2) is 55.9 Å². The van der Waals surface area contributed by atoms with Gasteiger partial charge < -0.3 is 29.4 Å². The van der Waals surface area contributed by atoms with Crippen molar-refractivity contribution in [3.05, 3.63) is 65.0 Å². The average molecular weight is 632 g/mol. The number of hydrogen-bond donors (Lipinski definition) is 2. The number of benzene rings is 2. The van der Waals surface area contributed by atoms with Crippen LogP contribution >= 0.6 is 28.7 Å². The Hall–Kier alpha value is -3.70. The smallest absolute Gasteiger partial charge is 0.317 e. The first kappa shape index (κ1) is 32.5. The molecule has 0 saturated carbocycles. The molecule has 0 aliphatic rings. The number of unbranched alkanes of at least 4 members (excludes halogenated alkanes) is 1. The molecule has 0 amide bonds. The molecule has 0 spiro atoms. The molecule has 40 heavy (non-hydrogen) atoms. The van der Waals surface area contributed by atoms with Crippen LogP contribution in [-0.2, 0) is 0 Å². The molecule has 1 heterocycles. The second kappa shape index (κ2) is 17.1. The van der Waals surface area contributed by atoms with E-state index in [1.54, 1.807) is 28.4 Å². The lowest BCUT2D eigenvalue weighted by molar-refractivity contribution is 0.285. The first-order valence-electron chi connectivity index (χ1n) is 12.2. The van der Waals surface area contributed by atoms with Crippen molar-refractivity contribution in [3.8, 4) is 29.0 Å². The van der Waals surface area contributed by atoms with Crippen LogP contribution in [0.15, 0.2) is 42.5 Å². The van der Waals surface area contributed by atoms with E-state index in [4.69, 9.17) is 34.8 Å². The van der Waals surface area contributed by atoms with Crippen LogP contribution in [0.2, 0.25) is 0 Å². The Morgan fingerprint density at radius 2 is 1.25 bits per heavy atom. The van der Waals surface area contributed by atoms with E-state index in [1.165, 1.54) is 11.8 Å². The predicted octanol–water partition coefficient (Wildman–Crippen LogP) is 6.22. The largest absolute Gasteiger partial charge is 0.493 e. The quantitative estimate of drug-likeness (QED) is 0.121. The lowest BCUT2D eigenvalue weighted by atomic mass is 10.1. The fourth-order valence-corrected chi connectivity index (χ4v) is 4.09. The highest BCUT2D eigenvalue weighted by Crippen LogP contribution is 2.29. The molecule has 0 atom stereocenters. The fraction of sp³-hybridized carbons (Fsp3) is 0.276. The monoisotopic (exact) mass is 630 g/mol.